The van der Waals surface area contributed by atoms with E-state index in [1.807, 2.05) is 6.92 Å². The minimum absolute atomic E-state index is 0.427. The van der Waals surface area contributed by atoms with Gasteiger partial charge in [0.15, 0.2) is 0 Å². The maximum absolute atomic E-state index is 8.73. The van der Waals surface area contributed by atoms with Crippen LogP contribution in [0, 0.1) is 11.3 Å². The third-order valence-corrected chi connectivity index (χ3v) is 2.79. The van der Waals surface area contributed by atoms with Crippen LogP contribution in [0.4, 0.5) is 5.95 Å². The summed E-state index contributed by atoms with van der Waals surface area (Å²) in [5, 5.41) is 11.7. The van der Waals surface area contributed by atoms with Gasteiger partial charge in [-0.15, -0.1) is 0 Å². The summed E-state index contributed by atoms with van der Waals surface area (Å²) in [5.41, 5.74) is 0.586. The van der Waals surface area contributed by atoms with E-state index in [0.717, 1.165) is 6.54 Å². The molecule has 0 spiro atoms. The van der Waals surface area contributed by atoms with Crippen molar-refractivity contribution in [2.45, 2.75) is 6.92 Å². The second-order valence-electron chi connectivity index (χ2n) is 3.62. The van der Waals surface area contributed by atoms with Crippen LogP contribution in [0.25, 0.3) is 0 Å². The Morgan fingerprint density at radius 3 is 2.74 bits per heavy atom. The van der Waals surface area contributed by atoms with Crippen molar-refractivity contribution < 1.29 is 4.74 Å². The predicted molar refractivity (Wildman–Crippen MR) is 75.1 cm³/mol. The zero-order chi connectivity index (χ0) is 13.7. The summed E-state index contributed by atoms with van der Waals surface area (Å²) < 4.78 is 6.31. The van der Waals surface area contributed by atoms with Crippen LogP contribution in [0.3, 0.4) is 0 Å². The van der Waals surface area contributed by atoms with Gasteiger partial charge in [0.1, 0.15) is 5.75 Å². The van der Waals surface area contributed by atoms with Crippen molar-refractivity contribution in [3.05, 3.63) is 40.5 Å². The monoisotopic (exact) mass is 318 g/mol. The van der Waals surface area contributed by atoms with Crippen molar-refractivity contribution in [3.63, 3.8) is 0 Å². The lowest BCUT2D eigenvalue weighted by Crippen LogP contribution is -2.03. The molecule has 0 radical (unpaired) electrons. The highest BCUT2D eigenvalue weighted by Gasteiger charge is 2.07. The number of hydrogen-bond acceptors (Lipinski definition) is 5. The first-order chi connectivity index (χ1) is 9.22. The number of nitriles is 1. The third-order valence-electron chi connectivity index (χ3n) is 2.24. The fourth-order valence-corrected chi connectivity index (χ4v) is 1.65. The Hall–Kier alpha value is -2.13. The third kappa shape index (κ3) is 3.42. The number of nitrogens with zero attached hydrogens (tertiary/aromatic N) is 3. The molecule has 0 aliphatic carbocycles. The molecule has 0 aliphatic heterocycles. The molecule has 1 aromatic carbocycles. The summed E-state index contributed by atoms with van der Waals surface area (Å²) in [7, 11) is 0. The van der Waals surface area contributed by atoms with Crippen LogP contribution in [0.5, 0.6) is 11.6 Å². The van der Waals surface area contributed by atoms with Crippen molar-refractivity contribution >= 4 is 21.9 Å². The molecule has 1 heterocycles. The highest BCUT2D eigenvalue weighted by Crippen LogP contribution is 2.27. The smallest absolute Gasteiger partial charge is 0.238 e. The van der Waals surface area contributed by atoms with Gasteiger partial charge in [-0.2, -0.15) is 10.2 Å². The average Bonchev–Trinajstić information content (AvgIpc) is 2.44. The molecule has 1 N–H and O–H groups in total. The molecule has 1 aromatic heterocycles. The number of anilines is 1. The van der Waals surface area contributed by atoms with Crippen LogP contribution in [0.15, 0.2) is 34.9 Å². The molecular formula is C13H11BrN4O. The minimum atomic E-state index is 0.427. The Morgan fingerprint density at radius 2 is 2.11 bits per heavy atom. The van der Waals surface area contributed by atoms with Gasteiger partial charge in [-0.25, -0.2) is 4.98 Å². The second-order valence-corrected chi connectivity index (χ2v) is 4.47. The summed E-state index contributed by atoms with van der Waals surface area (Å²) in [4.78, 5) is 8.35. The summed E-state index contributed by atoms with van der Waals surface area (Å²) in [6.45, 7) is 2.70. The zero-order valence-corrected chi connectivity index (χ0v) is 11.8. The van der Waals surface area contributed by atoms with E-state index in [1.165, 1.54) is 0 Å². The highest BCUT2D eigenvalue weighted by atomic mass is 79.9. The van der Waals surface area contributed by atoms with Crippen molar-refractivity contribution in [1.82, 2.24) is 9.97 Å². The molecule has 6 heteroatoms. The molecular weight excluding hydrogens is 308 g/mol. The highest BCUT2D eigenvalue weighted by molar-refractivity contribution is 9.10. The molecule has 0 atom stereocenters. The molecule has 2 rings (SSSR count). The van der Waals surface area contributed by atoms with Crippen LogP contribution in [0.1, 0.15) is 12.5 Å². The summed E-state index contributed by atoms with van der Waals surface area (Å²) in [6.07, 6.45) is 1.63. The lowest BCUT2D eigenvalue weighted by Gasteiger charge is -2.08. The maximum Gasteiger partial charge on any atom is 0.238 e. The van der Waals surface area contributed by atoms with Gasteiger partial charge in [0.2, 0.25) is 11.8 Å². The van der Waals surface area contributed by atoms with E-state index in [4.69, 9.17) is 10.00 Å². The molecule has 2 aromatic rings. The lowest BCUT2D eigenvalue weighted by molar-refractivity contribution is 0.459. The first-order valence-corrected chi connectivity index (χ1v) is 6.46. The van der Waals surface area contributed by atoms with E-state index < -0.39 is 0 Å². The first-order valence-electron chi connectivity index (χ1n) is 5.67. The van der Waals surface area contributed by atoms with Crippen molar-refractivity contribution in [3.8, 4) is 17.7 Å². The fraction of sp³-hybridized carbons (Fsp3) is 0.154. The summed E-state index contributed by atoms with van der Waals surface area (Å²) >= 11 is 3.34. The Bertz CT molecular complexity index is 607. The van der Waals surface area contributed by atoms with Gasteiger partial charge in [0.25, 0.3) is 0 Å². The quantitative estimate of drug-likeness (QED) is 0.936. The van der Waals surface area contributed by atoms with Gasteiger partial charge in [-0.05, 0) is 47.1 Å². The molecule has 19 heavy (non-hydrogen) atoms. The minimum Gasteiger partial charge on any atom is -0.438 e. The van der Waals surface area contributed by atoms with E-state index in [0.29, 0.717) is 27.6 Å². The van der Waals surface area contributed by atoms with E-state index in [-0.39, 0.29) is 0 Å². The Balaban J connectivity index is 2.21. The van der Waals surface area contributed by atoms with E-state index >= 15 is 0 Å². The lowest BCUT2D eigenvalue weighted by atomic mass is 10.2. The summed E-state index contributed by atoms with van der Waals surface area (Å²) in [5.74, 6) is 1.55. The number of aromatic nitrogens is 2. The molecule has 0 saturated carbocycles. The number of rotatable bonds is 4. The SMILES string of the molecule is CCNc1ncc(Br)c(Oc2ccc(C#N)cc2)n1. The number of ether oxygens (including phenoxy) is 1. The molecule has 0 saturated heterocycles. The van der Waals surface area contributed by atoms with Gasteiger partial charge in [-0.1, -0.05) is 0 Å². The molecule has 5 nitrogen and oxygen atoms in total. The molecule has 0 aliphatic rings. The van der Waals surface area contributed by atoms with Gasteiger partial charge >= 0.3 is 0 Å². The Morgan fingerprint density at radius 1 is 1.37 bits per heavy atom. The van der Waals surface area contributed by atoms with Crippen LogP contribution >= 0.6 is 15.9 Å². The largest absolute Gasteiger partial charge is 0.438 e. The number of hydrogen-bond donors (Lipinski definition) is 1. The van der Waals surface area contributed by atoms with E-state index in [2.05, 4.69) is 37.3 Å². The predicted octanol–water partition coefficient (Wildman–Crippen LogP) is 3.33. The van der Waals surface area contributed by atoms with Crippen LogP contribution in [0.2, 0.25) is 0 Å². The van der Waals surface area contributed by atoms with Crippen LogP contribution in [-0.4, -0.2) is 16.5 Å². The second kappa shape index (κ2) is 6.16. The summed E-state index contributed by atoms with van der Waals surface area (Å²) in [6, 6.07) is 8.88. The van der Waals surface area contributed by atoms with Gasteiger partial charge < -0.3 is 10.1 Å². The molecule has 0 fully saturated rings. The maximum atomic E-state index is 8.73. The first kappa shape index (κ1) is 13.3. The fourth-order valence-electron chi connectivity index (χ4n) is 1.38. The molecule has 0 bridgehead atoms. The number of benzene rings is 1. The van der Waals surface area contributed by atoms with Gasteiger partial charge in [0.05, 0.1) is 22.3 Å². The topological polar surface area (TPSA) is 70.8 Å². The van der Waals surface area contributed by atoms with E-state index in [1.54, 1.807) is 30.5 Å². The number of nitrogens with one attached hydrogen (secondary N) is 1. The van der Waals surface area contributed by atoms with Gasteiger partial charge in [0, 0.05) is 6.54 Å². The average molecular weight is 319 g/mol. The van der Waals surface area contributed by atoms with Crippen LogP contribution in [-0.2, 0) is 0 Å². The van der Waals surface area contributed by atoms with Crippen molar-refractivity contribution in [1.29, 1.82) is 5.26 Å². The molecule has 0 unspecified atom stereocenters. The molecule has 0 amide bonds. The number of halogens is 1. The van der Waals surface area contributed by atoms with E-state index in [9.17, 15) is 0 Å². The van der Waals surface area contributed by atoms with Gasteiger partial charge in [-0.3, -0.25) is 0 Å². The zero-order valence-electron chi connectivity index (χ0n) is 10.2. The normalized spacial score (nSPS) is 9.74. The van der Waals surface area contributed by atoms with Crippen molar-refractivity contribution in [2.75, 3.05) is 11.9 Å². The van der Waals surface area contributed by atoms with Crippen molar-refractivity contribution in [2.24, 2.45) is 0 Å². The Labute approximate surface area is 119 Å². The Kier molecular flexibility index (Phi) is 4.31. The standard InChI is InChI=1S/C13H11BrN4O/c1-2-16-13-17-8-11(14)12(18-13)19-10-5-3-9(7-15)4-6-10/h3-6,8H,2H2,1H3,(H,16,17,18). The molecule has 96 valence electrons. The van der Waals surface area contributed by atoms with Crippen LogP contribution < -0.4 is 10.1 Å².